The van der Waals surface area contributed by atoms with Gasteiger partial charge < -0.3 is 19.7 Å². The number of ether oxygens (including phenoxy) is 2. The van der Waals surface area contributed by atoms with Crippen LogP contribution in [0.25, 0.3) is 0 Å². The highest BCUT2D eigenvalue weighted by Crippen LogP contribution is 2.27. The highest BCUT2D eigenvalue weighted by Gasteiger charge is 2.02. The molecule has 2 rings (SSSR count). The maximum atomic E-state index is 9.52. The highest BCUT2D eigenvalue weighted by atomic mass is 16.5. The third kappa shape index (κ3) is 6.96. The zero-order chi connectivity index (χ0) is 18.7. The Morgan fingerprint density at radius 2 is 1.20 bits per heavy atom. The molecule has 2 aromatic carbocycles. The Morgan fingerprint density at radius 1 is 0.720 bits per heavy atom. The lowest BCUT2D eigenvalue weighted by molar-refractivity contribution is 0.318. The van der Waals surface area contributed by atoms with E-state index in [2.05, 4.69) is 13.8 Å². The Hall–Kier alpha value is -2.36. The predicted molar refractivity (Wildman–Crippen MR) is 102 cm³/mol. The van der Waals surface area contributed by atoms with Gasteiger partial charge in [-0.05, 0) is 62.1 Å². The number of rotatable bonds is 7. The van der Waals surface area contributed by atoms with Crippen LogP contribution in [0.3, 0.4) is 0 Å². The second-order valence-electron chi connectivity index (χ2n) is 5.57. The molecule has 0 heterocycles. The van der Waals surface area contributed by atoms with Crippen LogP contribution in [0, 0.1) is 0 Å². The molecule has 0 aromatic heterocycles. The molecule has 2 N–H and O–H groups in total. The Kier molecular flexibility index (Phi) is 9.30. The van der Waals surface area contributed by atoms with Crippen LogP contribution in [0.15, 0.2) is 36.4 Å². The summed E-state index contributed by atoms with van der Waals surface area (Å²) in [7, 11) is 0. The largest absolute Gasteiger partial charge is 0.504 e. The van der Waals surface area contributed by atoms with Crippen molar-refractivity contribution < 1.29 is 19.7 Å². The van der Waals surface area contributed by atoms with Gasteiger partial charge in [-0.15, -0.1) is 0 Å². The fourth-order valence-corrected chi connectivity index (χ4v) is 2.35. The normalized spacial score (nSPS) is 9.92. The van der Waals surface area contributed by atoms with E-state index in [1.54, 1.807) is 18.2 Å². The quantitative estimate of drug-likeness (QED) is 0.732. The predicted octanol–water partition coefficient (Wildman–Crippen LogP) is 5.10. The van der Waals surface area contributed by atoms with Crippen LogP contribution in [0.2, 0.25) is 0 Å². The third-order valence-corrected chi connectivity index (χ3v) is 3.59. The topological polar surface area (TPSA) is 58.9 Å². The molecule has 0 saturated heterocycles. The van der Waals surface area contributed by atoms with E-state index in [0.717, 1.165) is 30.4 Å². The van der Waals surface area contributed by atoms with Gasteiger partial charge in [-0.3, -0.25) is 0 Å². The van der Waals surface area contributed by atoms with E-state index in [1.807, 2.05) is 32.0 Å². The molecule has 0 radical (unpaired) electrons. The van der Waals surface area contributed by atoms with Gasteiger partial charge in [0, 0.05) is 0 Å². The summed E-state index contributed by atoms with van der Waals surface area (Å²) in [6, 6.07) is 11.1. The number of benzene rings is 2. The van der Waals surface area contributed by atoms with E-state index in [9.17, 15) is 10.2 Å². The lowest BCUT2D eigenvalue weighted by atomic mass is 10.1. The monoisotopic (exact) mass is 346 g/mol. The van der Waals surface area contributed by atoms with Gasteiger partial charge >= 0.3 is 0 Å². The van der Waals surface area contributed by atoms with Crippen molar-refractivity contribution in [3.63, 3.8) is 0 Å². The Labute approximate surface area is 151 Å². The fourth-order valence-electron chi connectivity index (χ4n) is 2.35. The van der Waals surface area contributed by atoms with Crippen LogP contribution in [0.4, 0.5) is 0 Å². The summed E-state index contributed by atoms with van der Waals surface area (Å²) in [6.07, 6.45) is 3.02. The Balaban J connectivity index is 0.000000251. The molecule has 0 fully saturated rings. The first-order chi connectivity index (χ1) is 12.0. The SMILES string of the molecule is CCCc1ccc(OCC)c(O)c1.CCOc1ccc(CC)cc1O. The van der Waals surface area contributed by atoms with Gasteiger partial charge in [0.25, 0.3) is 0 Å². The van der Waals surface area contributed by atoms with Gasteiger partial charge in [-0.2, -0.15) is 0 Å². The van der Waals surface area contributed by atoms with Gasteiger partial charge in [-0.1, -0.05) is 32.4 Å². The van der Waals surface area contributed by atoms with Crippen molar-refractivity contribution in [3.05, 3.63) is 47.5 Å². The number of phenols is 2. The molecular weight excluding hydrogens is 316 g/mol. The Morgan fingerprint density at radius 3 is 1.60 bits per heavy atom. The van der Waals surface area contributed by atoms with E-state index in [0.29, 0.717) is 24.7 Å². The molecule has 2 aromatic rings. The lowest BCUT2D eigenvalue weighted by Gasteiger charge is -2.06. The zero-order valence-electron chi connectivity index (χ0n) is 15.7. The van der Waals surface area contributed by atoms with Gasteiger partial charge in [0.2, 0.25) is 0 Å². The summed E-state index contributed by atoms with van der Waals surface area (Å²) >= 11 is 0. The molecule has 0 unspecified atom stereocenters. The zero-order valence-corrected chi connectivity index (χ0v) is 15.7. The maximum Gasteiger partial charge on any atom is 0.160 e. The van der Waals surface area contributed by atoms with Crippen molar-refractivity contribution >= 4 is 0 Å². The molecule has 4 nitrogen and oxygen atoms in total. The van der Waals surface area contributed by atoms with Crippen LogP contribution in [-0.2, 0) is 12.8 Å². The minimum atomic E-state index is 0.233. The molecule has 138 valence electrons. The summed E-state index contributed by atoms with van der Waals surface area (Å²) in [4.78, 5) is 0. The van der Waals surface area contributed by atoms with E-state index in [-0.39, 0.29) is 11.5 Å². The molecule has 0 atom stereocenters. The van der Waals surface area contributed by atoms with Gasteiger partial charge in [0.05, 0.1) is 13.2 Å². The standard InChI is InChI=1S/C11H16O2.C10H14O2/c1-3-5-9-6-7-11(13-4-2)10(12)8-9;1-3-8-5-6-10(12-4-2)9(11)7-8/h6-8,12H,3-5H2,1-2H3;5-7,11H,3-4H2,1-2H3. The van der Waals surface area contributed by atoms with E-state index in [4.69, 9.17) is 9.47 Å². The average Bonchev–Trinajstić information content (AvgIpc) is 2.60. The summed E-state index contributed by atoms with van der Waals surface area (Å²) in [5.74, 6) is 1.61. The van der Waals surface area contributed by atoms with Crippen molar-refractivity contribution in [3.8, 4) is 23.0 Å². The summed E-state index contributed by atoms with van der Waals surface area (Å²) < 4.78 is 10.4. The maximum absolute atomic E-state index is 9.52. The molecule has 0 aliphatic rings. The minimum Gasteiger partial charge on any atom is -0.504 e. The molecule has 0 saturated carbocycles. The molecule has 0 aliphatic carbocycles. The molecule has 0 bridgehead atoms. The summed E-state index contributed by atoms with van der Waals surface area (Å²) in [5, 5.41) is 19.0. The Bertz CT molecular complexity index is 638. The molecule has 0 spiro atoms. The van der Waals surface area contributed by atoms with Gasteiger partial charge in [0.15, 0.2) is 23.0 Å². The van der Waals surface area contributed by atoms with Crippen molar-refractivity contribution in [2.45, 2.75) is 47.0 Å². The molecule has 0 aliphatic heterocycles. The molecule has 25 heavy (non-hydrogen) atoms. The van der Waals surface area contributed by atoms with Crippen LogP contribution in [-0.4, -0.2) is 23.4 Å². The second kappa shape index (κ2) is 11.2. The van der Waals surface area contributed by atoms with Crippen molar-refractivity contribution in [2.75, 3.05) is 13.2 Å². The van der Waals surface area contributed by atoms with Crippen LogP contribution < -0.4 is 9.47 Å². The lowest BCUT2D eigenvalue weighted by Crippen LogP contribution is -1.92. The van der Waals surface area contributed by atoms with Crippen molar-refractivity contribution in [2.24, 2.45) is 0 Å². The fraction of sp³-hybridized carbons (Fsp3) is 0.429. The smallest absolute Gasteiger partial charge is 0.160 e. The number of aryl methyl sites for hydroxylation is 2. The molecular formula is C21H30O4. The minimum absolute atomic E-state index is 0.233. The summed E-state index contributed by atoms with van der Waals surface area (Å²) in [5.41, 5.74) is 2.28. The molecule has 4 heteroatoms. The first-order valence-corrected chi connectivity index (χ1v) is 8.94. The first-order valence-electron chi connectivity index (χ1n) is 8.94. The van der Waals surface area contributed by atoms with Crippen LogP contribution in [0.1, 0.15) is 45.2 Å². The third-order valence-electron chi connectivity index (χ3n) is 3.59. The van der Waals surface area contributed by atoms with Crippen molar-refractivity contribution in [1.82, 2.24) is 0 Å². The number of hydrogen-bond acceptors (Lipinski definition) is 4. The van der Waals surface area contributed by atoms with E-state index >= 15 is 0 Å². The number of phenolic OH excluding ortho intramolecular Hbond substituents is 2. The molecule has 0 amide bonds. The van der Waals surface area contributed by atoms with E-state index in [1.165, 1.54) is 0 Å². The second-order valence-corrected chi connectivity index (χ2v) is 5.57. The number of aromatic hydroxyl groups is 2. The van der Waals surface area contributed by atoms with Crippen molar-refractivity contribution in [1.29, 1.82) is 0 Å². The van der Waals surface area contributed by atoms with Crippen LogP contribution in [0.5, 0.6) is 23.0 Å². The number of hydrogen-bond donors (Lipinski definition) is 2. The van der Waals surface area contributed by atoms with Gasteiger partial charge in [0.1, 0.15) is 0 Å². The first kappa shape index (κ1) is 20.7. The van der Waals surface area contributed by atoms with Crippen LogP contribution >= 0.6 is 0 Å². The highest BCUT2D eigenvalue weighted by molar-refractivity contribution is 5.42. The average molecular weight is 346 g/mol. The van der Waals surface area contributed by atoms with Gasteiger partial charge in [-0.25, -0.2) is 0 Å². The van der Waals surface area contributed by atoms with E-state index < -0.39 is 0 Å². The summed E-state index contributed by atoms with van der Waals surface area (Å²) in [6.45, 7) is 9.13.